The highest BCUT2D eigenvalue weighted by Gasteiger charge is 2.18. The Morgan fingerprint density at radius 2 is 2.10 bits per heavy atom. The molecule has 1 rings (SSSR count). The van der Waals surface area contributed by atoms with E-state index in [2.05, 4.69) is 5.43 Å². The Kier molecular flexibility index (Phi) is 6.20. The fourth-order valence-electron chi connectivity index (χ4n) is 1.81. The third-order valence-electron chi connectivity index (χ3n) is 2.89. The molecule has 2 amide bonds. The van der Waals surface area contributed by atoms with Crippen LogP contribution in [0.2, 0.25) is 0 Å². The van der Waals surface area contributed by atoms with Crippen molar-refractivity contribution < 1.29 is 14.0 Å². The van der Waals surface area contributed by atoms with E-state index in [1.807, 2.05) is 11.8 Å². The van der Waals surface area contributed by atoms with E-state index in [0.29, 0.717) is 17.9 Å². The monoisotopic (exact) mass is 282 g/mol. The van der Waals surface area contributed by atoms with Gasteiger partial charge in [-0.25, -0.2) is 5.84 Å². The Balaban J connectivity index is 2.78. The molecule has 7 nitrogen and oxygen atoms in total. The zero-order valence-electron chi connectivity index (χ0n) is 12.2. The Morgan fingerprint density at radius 3 is 2.65 bits per heavy atom. The van der Waals surface area contributed by atoms with Crippen LogP contribution in [-0.4, -0.2) is 48.8 Å². The third-order valence-corrected chi connectivity index (χ3v) is 2.89. The Bertz CT molecular complexity index is 456. The maximum atomic E-state index is 11.8. The number of amides is 2. The van der Waals surface area contributed by atoms with Crippen LogP contribution in [-0.2, 0) is 11.3 Å². The minimum Gasteiger partial charge on any atom is -0.467 e. The van der Waals surface area contributed by atoms with Crippen molar-refractivity contribution >= 4 is 11.8 Å². The van der Waals surface area contributed by atoms with E-state index in [1.54, 1.807) is 20.2 Å². The second kappa shape index (κ2) is 7.66. The fraction of sp³-hybridized carbons (Fsp3) is 0.538. The van der Waals surface area contributed by atoms with Gasteiger partial charge in [-0.3, -0.25) is 19.9 Å². The smallest absolute Gasteiger partial charge is 0.268 e. The molecule has 0 radical (unpaired) electrons. The standard InChI is InChI=1S/C13H22N4O3/c1-4-6-17(9-12(18)16(2)3)8-11-10(5-7-20-11)13(19)15-14/h5,7H,4,6,8-9,14H2,1-3H3,(H,15,19). The molecule has 0 spiro atoms. The summed E-state index contributed by atoms with van der Waals surface area (Å²) < 4.78 is 5.32. The van der Waals surface area contributed by atoms with Crippen LogP contribution in [0.15, 0.2) is 16.7 Å². The summed E-state index contributed by atoms with van der Waals surface area (Å²) in [5.41, 5.74) is 2.47. The van der Waals surface area contributed by atoms with E-state index >= 15 is 0 Å². The van der Waals surface area contributed by atoms with Gasteiger partial charge in [0.25, 0.3) is 5.91 Å². The lowest BCUT2D eigenvalue weighted by Crippen LogP contribution is -2.37. The number of carbonyl (C=O) groups is 2. The van der Waals surface area contributed by atoms with E-state index in [1.165, 1.54) is 11.2 Å². The van der Waals surface area contributed by atoms with Crippen LogP contribution in [0.3, 0.4) is 0 Å². The first-order valence-electron chi connectivity index (χ1n) is 6.49. The van der Waals surface area contributed by atoms with Gasteiger partial charge in [-0.15, -0.1) is 0 Å². The number of nitrogens with zero attached hydrogens (tertiary/aromatic N) is 2. The van der Waals surface area contributed by atoms with Gasteiger partial charge >= 0.3 is 0 Å². The molecule has 112 valence electrons. The third kappa shape index (κ3) is 4.36. The quantitative estimate of drug-likeness (QED) is 0.423. The number of rotatable bonds is 7. The van der Waals surface area contributed by atoms with Crippen molar-refractivity contribution in [3.8, 4) is 0 Å². The largest absolute Gasteiger partial charge is 0.467 e. The van der Waals surface area contributed by atoms with Gasteiger partial charge in [0, 0.05) is 14.1 Å². The van der Waals surface area contributed by atoms with Crippen molar-refractivity contribution in [1.82, 2.24) is 15.2 Å². The lowest BCUT2D eigenvalue weighted by molar-refractivity contribution is -0.130. The Labute approximate surface area is 118 Å². The van der Waals surface area contributed by atoms with Gasteiger partial charge in [-0.05, 0) is 19.0 Å². The zero-order chi connectivity index (χ0) is 15.1. The summed E-state index contributed by atoms with van der Waals surface area (Å²) >= 11 is 0. The Hall–Kier alpha value is -1.86. The molecule has 0 aromatic carbocycles. The summed E-state index contributed by atoms with van der Waals surface area (Å²) in [4.78, 5) is 26.8. The molecule has 0 bridgehead atoms. The maximum absolute atomic E-state index is 11.8. The van der Waals surface area contributed by atoms with Crippen molar-refractivity contribution in [2.75, 3.05) is 27.2 Å². The minimum atomic E-state index is -0.399. The molecule has 0 atom stereocenters. The molecular weight excluding hydrogens is 260 g/mol. The van der Waals surface area contributed by atoms with Crippen molar-refractivity contribution in [3.05, 3.63) is 23.7 Å². The number of hydrazine groups is 1. The SMILES string of the molecule is CCCN(CC(=O)N(C)C)Cc1occc1C(=O)NN. The van der Waals surface area contributed by atoms with Crippen LogP contribution in [0.1, 0.15) is 29.5 Å². The van der Waals surface area contributed by atoms with Crippen LogP contribution in [0.4, 0.5) is 0 Å². The topological polar surface area (TPSA) is 91.8 Å². The maximum Gasteiger partial charge on any atom is 0.268 e. The average molecular weight is 282 g/mol. The number of hydrogen-bond donors (Lipinski definition) is 2. The molecule has 0 aliphatic heterocycles. The van der Waals surface area contributed by atoms with Gasteiger partial charge in [-0.1, -0.05) is 6.92 Å². The summed E-state index contributed by atoms with van der Waals surface area (Å²) in [5, 5.41) is 0. The second-order valence-electron chi connectivity index (χ2n) is 4.73. The number of carbonyl (C=O) groups excluding carboxylic acids is 2. The molecule has 0 unspecified atom stereocenters. The molecular formula is C13H22N4O3. The highest BCUT2D eigenvalue weighted by molar-refractivity contribution is 5.94. The van der Waals surface area contributed by atoms with Gasteiger partial charge in [-0.2, -0.15) is 0 Å². The number of nitrogens with two attached hydrogens (primary N) is 1. The van der Waals surface area contributed by atoms with Crippen molar-refractivity contribution in [2.45, 2.75) is 19.9 Å². The number of hydrogen-bond acceptors (Lipinski definition) is 5. The van der Waals surface area contributed by atoms with Crippen LogP contribution in [0.25, 0.3) is 0 Å². The first-order chi connectivity index (χ1) is 9.49. The lowest BCUT2D eigenvalue weighted by Gasteiger charge is -2.22. The van der Waals surface area contributed by atoms with Crippen LogP contribution >= 0.6 is 0 Å². The number of nitrogens with one attached hydrogen (secondary N) is 1. The van der Waals surface area contributed by atoms with E-state index in [-0.39, 0.29) is 12.5 Å². The van der Waals surface area contributed by atoms with E-state index in [9.17, 15) is 9.59 Å². The van der Waals surface area contributed by atoms with Gasteiger partial charge in [0.05, 0.1) is 24.9 Å². The predicted octanol–water partition coefficient (Wildman–Crippen LogP) is 0.183. The summed E-state index contributed by atoms with van der Waals surface area (Å²) in [7, 11) is 3.43. The molecule has 0 saturated heterocycles. The van der Waals surface area contributed by atoms with Gasteiger partial charge in [0.1, 0.15) is 5.76 Å². The molecule has 7 heteroatoms. The summed E-state index contributed by atoms with van der Waals surface area (Å²) in [6.07, 6.45) is 2.34. The second-order valence-corrected chi connectivity index (χ2v) is 4.73. The van der Waals surface area contributed by atoms with Crippen LogP contribution < -0.4 is 11.3 Å². The first kappa shape index (κ1) is 16.2. The molecule has 0 saturated carbocycles. The zero-order valence-corrected chi connectivity index (χ0v) is 12.2. The van der Waals surface area contributed by atoms with Gasteiger partial charge < -0.3 is 9.32 Å². The molecule has 0 fully saturated rings. The normalized spacial score (nSPS) is 10.7. The van der Waals surface area contributed by atoms with E-state index in [0.717, 1.165) is 13.0 Å². The van der Waals surface area contributed by atoms with Crippen LogP contribution in [0, 0.1) is 0 Å². The highest BCUT2D eigenvalue weighted by atomic mass is 16.3. The van der Waals surface area contributed by atoms with Crippen LogP contribution in [0.5, 0.6) is 0 Å². The first-order valence-corrected chi connectivity index (χ1v) is 6.49. The highest BCUT2D eigenvalue weighted by Crippen LogP contribution is 2.13. The molecule has 3 N–H and O–H groups in total. The van der Waals surface area contributed by atoms with Gasteiger partial charge in [0.2, 0.25) is 5.91 Å². The Morgan fingerprint density at radius 1 is 1.40 bits per heavy atom. The van der Waals surface area contributed by atoms with E-state index < -0.39 is 5.91 Å². The number of nitrogen functional groups attached to an aromatic ring is 1. The molecule has 0 aliphatic rings. The fourth-order valence-corrected chi connectivity index (χ4v) is 1.81. The number of furan rings is 1. The average Bonchev–Trinajstić information content (AvgIpc) is 2.86. The minimum absolute atomic E-state index is 0.00910. The predicted molar refractivity (Wildman–Crippen MR) is 74.6 cm³/mol. The van der Waals surface area contributed by atoms with Crippen molar-refractivity contribution in [1.29, 1.82) is 0 Å². The summed E-state index contributed by atoms with van der Waals surface area (Å²) in [6.45, 7) is 3.45. The van der Waals surface area contributed by atoms with Crippen molar-refractivity contribution in [2.24, 2.45) is 5.84 Å². The van der Waals surface area contributed by atoms with Crippen molar-refractivity contribution in [3.63, 3.8) is 0 Å². The number of likely N-dealkylation sites (N-methyl/N-ethyl adjacent to an activating group) is 1. The summed E-state index contributed by atoms with van der Waals surface area (Å²) in [5.74, 6) is 5.24. The molecule has 20 heavy (non-hydrogen) atoms. The molecule has 0 aliphatic carbocycles. The molecule has 1 heterocycles. The molecule has 1 aromatic rings. The van der Waals surface area contributed by atoms with E-state index in [4.69, 9.17) is 10.3 Å². The summed E-state index contributed by atoms with van der Waals surface area (Å²) in [6, 6.07) is 1.56. The van der Waals surface area contributed by atoms with Gasteiger partial charge in [0.15, 0.2) is 0 Å². The lowest BCUT2D eigenvalue weighted by atomic mass is 10.2. The molecule has 1 aromatic heterocycles.